The number of allylic oxidation sites excluding steroid dienone is 1. The van der Waals surface area contributed by atoms with E-state index < -0.39 is 0 Å². The quantitative estimate of drug-likeness (QED) is 0.745. The molecule has 0 N–H and O–H groups in total. The zero-order valence-electron chi connectivity index (χ0n) is 12.7. The van der Waals surface area contributed by atoms with Crippen LogP contribution < -0.4 is 0 Å². The number of rotatable bonds is 2. The summed E-state index contributed by atoms with van der Waals surface area (Å²) in [7, 11) is 0. The summed E-state index contributed by atoms with van der Waals surface area (Å²) in [5.74, 6) is 1.70. The van der Waals surface area contributed by atoms with E-state index in [4.69, 9.17) is 4.84 Å². The lowest BCUT2D eigenvalue weighted by Crippen LogP contribution is -2.45. The molecule has 1 aliphatic heterocycles. The fraction of sp³-hybridized carbons (Fsp3) is 0.500. The third-order valence-corrected chi connectivity index (χ3v) is 5.99. The minimum absolute atomic E-state index is 0.0379. The lowest BCUT2D eigenvalue weighted by molar-refractivity contribution is -0.208. The number of hydroxylamine groups is 2. The lowest BCUT2D eigenvalue weighted by Gasteiger charge is -2.42. The highest BCUT2D eigenvalue weighted by molar-refractivity contribution is 9.09. The Hall–Kier alpha value is -1.13. The average molecular weight is 362 g/mol. The zero-order chi connectivity index (χ0) is 15.3. The second kappa shape index (κ2) is 5.50. The van der Waals surface area contributed by atoms with Crippen LogP contribution in [0.4, 0.5) is 0 Å². The topological polar surface area (TPSA) is 29.5 Å². The molecule has 0 saturated heterocycles. The van der Waals surface area contributed by atoms with Crippen LogP contribution in [0.1, 0.15) is 31.7 Å². The molecule has 2 saturated carbocycles. The number of carbonyl (C=O) groups excluding carboxylic acids is 1. The van der Waals surface area contributed by atoms with Crippen LogP contribution in [0.25, 0.3) is 5.57 Å². The van der Waals surface area contributed by atoms with Gasteiger partial charge in [0.05, 0.1) is 11.8 Å². The first-order valence-electron chi connectivity index (χ1n) is 8.02. The number of hydrogen-bond acceptors (Lipinski definition) is 2. The predicted molar refractivity (Wildman–Crippen MR) is 88.9 cm³/mol. The maximum absolute atomic E-state index is 12.1. The van der Waals surface area contributed by atoms with Gasteiger partial charge in [0.25, 0.3) is 0 Å². The van der Waals surface area contributed by atoms with Crippen LogP contribution in [0.2, 0.25) is 0 Å². The highest BCUT2D eigenvalue weighted by Gasteiger charge is 2.54. The molecule has 4 atom stereocenters. The summed E-state index contributed by atoms with van der Waals surface area (Å²) in [5.41, 5.74) is 3.53. The first kappa shape index (κ1) is 14.5. The van der Waals surface area contributed by atoms with Crippen molar-refractivity contribution < 1.29 is 9.63 Å². The van der Waals surface area contributed by atoms with Crippen LogP contribution in [-0.2, 0) is 9.63 Å². The molecule has 1 heterocycles. The Morgan fingerprint density at radius 3 is 2.68 bits per heavy atom. The van der Waals surface area contributed by atoms with E-state index in [1.54, 1.807) is 12.0 Å². The van der Waals surface area contributed by atoms with Crippen LogP contribution >= 0.6 is 15.9 Å². The summed E-state index contributed by atoms with van der Waals surface area (Å²) >= 11 is 3.58. The van der Waals surface area contributed by atoms with Gasteiger partial charge in [0, 0.05) is 18.2 Å². The van der Waals surface area contributed by atoms with Gasteiger partial charge in [-0.2, -0.15) is 5.06 Å². The molecular formula is C18H20BrNO2. The van der Waals surface area contributed by atoms with E-state index in [1.807, 2.05) is 6.07 Å². The summed E-state index contributed by atoms with van der Waals surface area (Å²) in [6.45, 7) is 1.58. The molecule has 1 amide bonds. The van der Waals surface area contributed by atoms with Crippen LogP contribution in [0.15, 0.2) is 36.0 Å². The highest BCUT2D eigenvalue weighted by atomic mass is 79.9. The van der Waals surface area contributed by atoms with Crippen molar-refractivity contribution in [2.75, 3.05) is 5.33 Å². The molecule has 1 aromatic carbocycles. The van der Waals surface area contributed by atoms with Crippen molar-refractivity contribution in [1.29, 1.82) is 0 Å². The van der Waals surface area contributed by atoms with Crippen molar-refractivity contribution in [3.05, 3.63) is 41.6 Å². The minimum atomic E-state index is -0.0379. The molecule has 22 heavy (non-hydrogen) atoms. The first-order valence-corrected chi connectivity index (χ1v) is 9.14. The Morgan fingerprint density at radius 1 is 1.27 bits per heavy atom. The van der Waals surface area contributed by atoms with E-state index >= 15 is 0 Å². The van der Waals surface area contributed by atoms with Crippen LogP contribution in [-0.4, -0.2) is 22.4 Å². The van der Waals surface area contributed by atoms with Crippen LogP contribution in [0.3, 0.4) is 0 Å². The number of hydrogen-bond donors (Lipinski definition) is 0. The average Bonchev–Trinajstić information content (AvgIpc) is 3.15. The van der Waals surface area contributed by atoms with E-state index in [-0.39, 0.29) is 12.0 Å². The van der Waals surface area contributed by atoms with Gasteiger partial charge in [0.1, 0.15) is 0 Å². The van der Waals surface area contributed by atoms with E-state index in [2.05, 4.69) is 40.2 Å². The molecule has 0 spiro atoms. The molecule has 0 radical (unpaired) electrons. The Labute approximate surface area is 139 Å². The second-order valence-corrected chi connectivity index (χ2v) is 7.16. The molecule has 4 rings (SSSR count). The van der Waals surface area contributed by atoms with Crippen molar-refractivity contribution in [1.82, 2.24) is 5.06 Å². The van der Waals surface area contributed by atoms with E-state index in [9.17, 15) is 4.79 Å². The normalized spacial score (nSPS) is 33.3. The van der Waals surface area contributed by atoms with Gasteiger partial charge < -0.3 is 0 Å². The van der Waals surface area contributed by atoms with Gasteiger partial charge in [-0.15, -0.1) is 0 Å². The summed E-state index contributed by atoms with van der Waals surface area (Å²) < 4.78 is 0. The molecule has 2 bridgehead atoms. The molecule has 4 heteroatoms. The van der Waals surface area contributed by atoms with Crippen molar-refractivity contribution in [3.63, 3.8) is 0 Å². The predicted octanol–water partition coefficient (Wildman–Crippen LogP) is 4.00. The number of nitrogens with zero attached hydrogens (tertiary/aromatic N) is 1. The monoisotopic (exact) mass is 361 g/mol. The number of alkyl halides is 1. The summed E-state index contributed by atoms with van der Waals surface area (Å²) in [6.07, 6.45) is 3.94. The molecule has 116 valence electrons. The Balaban J connectivity index is 1.88. The molecule has 0 aromatic heterocycles. The Morgan fingerprint density at radius 2 is 2.00 bits per heavy atom. The van der Waals surface area contributed by atoms with E-state index in [0.29, 0.717) is 23.1 Å². The third kappa shape index (κ3) is 2.08. The van der Waals surface area contributed by atoms with Crippen LogP contribution in [0.5, 0.6) is 0 Å². The largest absolute Gasteiger partial charge is 0.273 e. The fourth-order valence-corrected chi connectivity index (χ4v) is 5.17. The fourth-order valence-electron chi connectivity index (χ4n) is 4.64. The molecule has 3 nitrogen and oxygen atoms in total. The Bertz CT molecular complexity index is 627. The standard InChI is InChI=1S/C18H20BrNO2/c1-11(21)20-15(10-19)16(12-5-3-2-4-6-12)17-13-7-8-14(9-13)18(17)22-20/h2-6,13-14,17-18H,7-10H2,1H3/t13-,14+,17+,18+/m1/s1. The van der Waals surface area contributed by atoms with Gasteiger partial charge in [-0.05, 0) is 42.2 Å². The zero-order valence-corrected chi connectivity index (χ0v) is 14.3. The number of fused-ring (bicyclic) bond motifs is 5. The lowest BCUT2D eigenvalue weighted by atomic mass is 9.77. The smallest absolute Gasteiger partial charge is 0.247 e. The SMILES string of the molecule is CC(=O)N1O[C@H]2[C@H]3CC[C@H](C3)[C@H]2C(c2ccccc2)=C1CBr. The van der Waals surface area contributed by atoms with Crippen molar-refractivity contribution in [3.8, 4) is 0 Å². The number of amides is 1. The maximum Gasteiger partial charge on any atom is 0.247 e. The minimum Gasteiger partial charge on any atom is -0.273 e. The Kier molecular flexibility index (Phi) is 3.61. The van der Waals surface area contributed by atoms with Gasteiger partial charge in [-0.1, -0.05) is 46.3 Å². The van der Waals surface area contributed by atoms with E-state index in [0.717, 1.165) is 5.70 Å². The molecule has 0 unspecified atom stereocenters. The van der Waals surface area contributed by atoms with Crippen molar-refractivity contribution >= 4 is 27.4 Å². The summed E-state index contributed by atoms with van der Waals surface area (Å²) in [4.78, 5) is 18.2. The number of halogens is 1. The highest BCUT2D eigenvalue weighted by Crippen LogP contribution is 2.57. The van der Waals surface area contributed by atoms with Gasteiger partial charge in [-0.25, -0.2) is 0 Å². The second-order valence-electron chi connectivity index (χ2n) is 6.60. The molecule has 3 aliphatic rings. The summed E-state index contributed by atoms with van der Waals surface area (Å²) in [6, 6.07) is 10.5. The van der Waals surface area contributed by atoms with Crippen molar-refractivity contribution in [2.45, 2.75) is 32.3 Å². The van der Waals surface area contributed by atoms with Gasteiger partial charge in [-0.3, -0.25) is 9.63 Å². The molecule has 2 fully saturated rings. The molecular weight excluding hydrogens is 342 g/mol. The number of benzene rings is 1. The first-order chi connectivity index (χ1) is 10.7. The van der Waals surface area contributed by atoms with Gasteiger partial charge in [0.2, 0.25) is 5.91 Å². The molecule has 2 aliphatic carbocycles. The van der Waals surface area contributed by atoms with E-state index in [1.165, 1.54) is 30.4 Å². The third-order valence-electron chi connectivity index (χ3n) is 5.45. The van der Waals surface area contributed by atoms with Gasteiger partial charge >= 0.3 is 0 Å². The maximum atomic E-state index is 12.1. The summed E-state index contributed by atoms with van der Waals surface area (Å²) in [5, 5.41) is 2.18. The molecule has 1 aromatic rings. The number of carbonyl (C=O) groups is 1. The van der Waals surface area contributed by atoms with Crippen LogP contribution in [0, 0.1) is 17.8 Å². The van der Waals surface area contributed by atoms with Crippen molar-refractivity contribution in [2.24, 2.45) is 17.8 Å². The van der Waals surface area contributed by atoms with Gasteiger partial charge in [0.15, 0.2) is 0 Å².